The van der Waals surface area contributed by atoms with Crippen molar-refractivity contribution in [3.8, 4) is 0 Å². The number of allylic oxidation sites excluding steroid dienone is 4. The maximum Gasteiger partial charge on any atom is -0.0469 e. The van der Waals surface area contributed by atoms with Gasteiger partial charge < -0.3 is 0 Å². The molecule has 5 aromatic carbocycles. The zero-order valence-electron chi connectivity index (χ0n) is 26.6. The van der Waals surface area contributed by atoms with E-state index in [2.05, 4.69) is 156 Å². The Hall–Kier alpha value is -2.60. The largest absolute Gasteiger partial charge is 0.273 e. The summed E-state index contributed by atoms with van der Waals surface area (Å²) in [6.07, 6.45) is 10.0. The Morgan fingerprint density at radius 2 is 1.07 bits per heavy atom. The van der Waals surface area contributed by atoms with E-state index in [1.165, 1.54) is 47.1 Å². The van der Waals surface area contributed by atoms with E-state index < -0.39 is 16.1 Å². The van der Waals surface area contributed by atoms with Gasteiger partial charge in [0.2, 0.25) is 0 Å². The first-order chi connectivity index (χ1) is 19.8. The van der Waals surface area contributed by atoms with Gasteiger partial charge in [0.1, 0.15) is 0 Å². The molecule has 6 rings (SSSR count). The standard InChI is InChI=1S/C19H26Si2.C15H13.C5H5.Hf/c1-20(2,3)18-11-7-16(8-12-18)15-17-9-13-19(14-10-17)21(4,5)6;1-10-3-5-14-12(7-10)9-13-8-11(2)4-6-15(13)14;1-2-4-5-3-1;/h7-14H,1-6H3;3-9H,1-2H3;1-3H,4H2;/q;2*-1;+2. The molecule has 1 aliphatic rings. The zero-order valence-corrected chi connectivity index (χ0v) is 32.2. The number of fused-ring (bicyclic) bond motifs is 3. The smallest absolute Gasteiger partial charge is 0.0469 e. The first-order valence-corrected chi connectivity index (χ1v) is 23.7. The summed E-state index contributed by atoms with van der Waals surface area (Å²) in [6, 6.07) is 34.3. The molecule has 0 spiro atoms. The third-order valence-electron chi connectivity index (χ3n) is 7.68. The Balaban J connectivity index is 0.000000172. The van der Waals surface area contributed by atoms with E-state index >= 15 is 0 Å². The second-order valence-corrected chi connectivity index (χ2v) is 25.3. The summed E-state index contributed by atoms with van der Waals surface area (Å²) in [6.45, 7) is 18.7. The van der Waals surface area contributed by atoms with Gasteiger partial charge in [-0.3, -0.25) is 6.08 Å². The van der Waals surface area contributed by atoms with Crippen molar-refractivity contribution in [2.45, 2.75) is 59.6 Å². The Labute approximate surface area is 270 Å². The predicted octanol–water partition coefficient (Wildman–Crippen LogP) is 9.53. The Morgan fingerprint density at radius 3 is 1.38 bits per heavy atom. The average Bonchev–Trinajstić information content (AvgIpc) is 3.63. The van der Waals surface area contributed by atoms with Gasteiger partial charge in [-0.05, 0) is 13.8 Å². The van der Waals surface area contributed by atoms with Crippen LogP contribution in [0.3, 0.4) is 0 Å². The molecule has 0 atom stereocenters. The van der Waals surface area contributed by atoms with E-state index in [4.69, 9.17) is 0 Å². The van der Waals surface area contributed by atoms with Gasteiger partial charge in [0.25, 0.3) is 0 Å². The summed E-state index contributed by atoms with van der Waals surface area (Å²) < 4.78 is 1.50. The molecule has 3 heteroatoms. The molecule has 0 bridgehead atoms. The quantitative estimate of drug-likeness (QED) is 0.127. The fraction of sp³-hybridized carbons (Fsp3) is 0.231. The van der Waals surface area contributed by atoms with Crippen molar-refractivity contribution in [1.29, 1.82) is 0 Å². The van der Waals surface area contributed by atoms with Crippen LogP contribution in [0.25, 0.3) is 21.5 Å². The SMILES string of the molecule is C[Si](C)(C)c1ccc([C](=[Hf+2])c2ccc([Si](C)(C)C)cc2)cc1.Cc1ccc2c(c1)[cH-]c1cc(C)ccc12.[C-]1=CC=CC1. The Bertz CT molecular complexity index is 1590. The Morgan fingerprint density at radius 1 is 0.643 bits per heavy atom. The summed E-state index contributed by atoms with van der Waals surface area (Å²) >= 11 is 1.08. The predicted molar refractivity (Wildman–Crippen MR) is 190 cm³/mol. The van der Waals surface area contributed by atoms with Crippen LogP contribution >= 0.6 is 0 Å². The van der Waals surface area contributed by atoms with E-state index in [0.717, 1.165) is 30.3 Å². The number of hydrogen-bond acceptors (Lipinski definition) is 0. The van der Waals surface area contributed by atoms with Crippen molar-refractivity contribution in [2.75, 3.05) is 0 Å². The van der Waals surface area contributed by atoms with Crippen molar-refractivity contribution >= 4 is 51.3 Å². The van der Waals surface area contributed by atoms with Gasteiger partial charge in [-0.25, -0.2) is 12.2 Å². The van der Waals surface area contributed by atoms with E-state index in [1.54, 1.807) is 10.4 Å². The summed E-state index contributed by atoms with van der Waals surface area (Å²) in [4.78, 5) is 0. The normalized spacial score (nSPS) is 12.6. The molecule has 212 valence electrons. The molecular weight excluding hydrogens is 703 g/mol. The average molecular weight is 747 g/mol. The monoisotopic (exact) mass is 748 g/mol. The van der Waals surface area contributed by atoms with Crippen LogP contribution in [-0.2, 0) is 23.9 Å². The molecule has 0 aromatic heterocycles. The number of aryl methyl sites for hydroxylation is 2. The molecule has 0 amide bonds. The molecule has 0 N–H and O–H groups in total. The van der Waals surface area contributed by atoms with Crippen LogP contribution in [-0.4, -0.2) is 19.4 Å². The molecule has 0 aliphatic heterocycles. The van der Waals surface area contributed by atoms with Crippen molar-refractivity contribution < 1.29 is 23.9 Å². The molecule has 5 aromatic rings. The Kier molecular flexibility index (Phi) is 10.6. The number of rotatable bonds is 4. The van der Waals surface area contributed by atoms with E-state index in [1.807, 2.05) is 12.2 Å². The van der Waals surface area contributed by atoms with Crippen LogP contribution in [0.1, 0.15) is 28.7 Å². The molecule has 0 nitrogen and oxygen atoms in total. The minimum Gasteiger partial charge on any atom is -0.273 e. The summed E-state index contributed by atoms with van der Waals surface area (Å²) in [5.74, 6) is 0. The van der Waals surface area contributed by atoms with Crippen LogP contribution < -0.4 is 10.4 Å². The zero-order chi connectivity index (χ0) is 30.5. The molecule has 1 aliphatic carbocycles. The van der Waals surface area contributed by atoms with Gasteiger partial charge in [-0.1, -0.05) is 35.4 Å². The topological polar surface area (TPSA) is 0 Å². The van der Waals surface area contributed by atoms with Crippen LogP contribution in [0.4, 0.5) is 0 Å². The minimum atomic E-state index is -1.19. The molecular formula is C39H44HfSi2. The maximum absolute atomic E-state index is 2.99. The molecule has 0 fully saturated rings. The van der Waals surface area contributed by atoms with Crippen LogP contribution in [0.2, 0.25) is 39.3 Å². The van der Waals surface area contributed by atoms with Crippen molar-refractivity contribution in [1.82, 2.24) is 0 Å². The molecule has 0 saturated carbocycles. The van der Waals surface area contributed by atoms with E-state index in [9.17, 15) is 0 Å². The van der Waals surface area contributed by atoms with Crippen LogP contribution in [0.5, 0.6) is 0 Å². The second kappa shape index (κ2) is 13.8. The van der Waals surface area contributed by atoms with Gasteiger partial charge in [0.05, 0.1) is 0 Å². The number of hydrogen-bond donors (Lipinski definition) is 0. The first-order valence-electron chi connectivity index (χ1n) is 14.9. The minimum absolute atomic E-state index is 1.01. The molecule has 0 unspecified atom stereocenters. The van der Waals surface area contributed by atoms with Gasteiger partial charge in [0, 0.05) is 0 Å². The van der Waals surface area contributed by atoms with Crippen LogP contribution in [0.15, 0.2) is 109 Å². The fourth-order valence-corrected chi connectivity index (χ4v) is 8.57. The first kappa shape index (κ1) is 32.3. The van der Waals surface area contributed by atoms with Crippen molar-refractivity contribution in [2.24, 2.45) is 0 Å². The van der Waals surface area contributed by atoms with Crippen molar-refractivity contribution in [3.05, 3.63) is 138 Å². The molecule has 0 saturated heterocycles. The van der Waals surface area contributed by atoms with Gasteiger partial charge in [-0.15, -0.1) is 46.2 Å². The van der Waals surface area contributed by atoms with E-state index in [-0.39, 0.29) is 0 Å². The summed E-state index contributed by atoms with van der Waals surface area (Å²) in [5.41, 5.74) is 5.45. The number of benzene rings is 4. The fourth-order valence-electron chi connectivity index (χ4n) is 5.04. The summed E-state index contributed by atoms with van der Waals surface area (Å²) in [5, 5.41) is 8.54. The van der Waals surface area contributed by atoms with Gasteiger partial charge in [0.15, 0.2) is 0 Å². The van der Waals surface area contributed by atoms with Crippen molar-refractivity contribution in [3.63, 3.8) is 0 Å². The molecule has 0 heterocycles. The third kappa shape index (κ3) is 8.49. The van der Waals surface area contributed by atoms with Gasteiger partial charge in [-0.2, -0.15) is 6.08 Å². The maximum atomic E-state index is 2.99. The molecule has 0 radical (unpaired) electrons. The third-order valence-corrected chi connectivity index (χ3v) is 13.9. The molecule has 42 heavy (non-hydrogen) atoms. The second-order valence-electron chi connectivity index (χ2n) is 13.4. The summed E-state index contributed by atoms with van der Waals surface area (Å²) in [7, 11) is -2.38. The van der Waals surface area contributed by atoms with Crippen LogP contribution in [0, 0.1) is 19.9 Å². The van der Waals surface area contributed by atoms with Gasteiger partial charge >= 0.3 is 153 Å². The van der Waals surface area contributed by atoms with E-state index in [0.29, 0.717) is 0 Å².